The van der Waals surface area contributed by atoms with Crippen molar-refractivity contribution in [3.63, 3.8) is 0 Å². The van der Waals surface area contributed by atoms with Crippen LogP contribution in [0.5, 0.6) is 0 Å². The molecule has 4 nitrogen and oxygen atoms in total. The average molecular weight is 762 g/mol. The molecule has 1 amide bonds. The number of nitrogens with one attached hydrogen (secondary N) is 1. The Kier molecular flexibility index (Phi) is 45.8. The van der Waals surface area contributed by atoms with Crippen molar-refractivity contribution in [1.82, 2.24) is 5.32 Å². The number of carbonyl (C=O) groups is 1. The molecule has 0 aromatic carbocycles. The van der Waals surface area contributed by atoms with E-state index >= 15 is 0 Å². The van der Waals surface area contributed by atoms with Gasteiger partial charge in [-0.15, -0.1) is 0 Å². The van der Waals surface area contributed by atoms with E-state index in [2.05, 4.69) is 31.3 Å². The molecule has 0 bridgehead atoms. The molecular weight excluding hydrogens is 663 g/mol. The van der Waals surface area contributed by atoms with Gasteiger partial charge in [-0.3, -0.25) is 4.79 Å². The van der Waals surface area contributed by atoms with Gasteiger partial charge < -0.3 is 15.5 Å². The molecule has 0 aliphatic rings. The van der Waals surface area contributed by atoms with E-state index in [1.807, 2.05) is 0 Å². The van der Waals surface area contributed by atoms with E-state index in [0.717, 1.165) is 32.1 Å². The Morgan fingerprint density at radius 1 is 0.426 bits per heavy atom. The summed E-state index contributed by atoms with van der Waals surface area (Å²) < 4.78 is 0. The maximum atomic E-state index is 12.3. The van der Waals surface area contributed by atoms with Gasteiger partial charge in [-0.1, -0.05) is 257 Å². The summed E-state index contributed by atoms with van der Waals surface area (Å²) in [5.41, 5.74) is 0. The molecule has 4 heteroatoms. The normalized spacial score (nSPS) is 12.9. The minimum absolute atomic E-state index is 0.0401. The third-order valence-corrected chi connectivity index (χ3v) is 11.8. The predicted octanol–water partition coefficient (Wildman–Crippen LogP) is 15.8. The van der Waals surface area contributed by atoms with Crippen LogP contribution < -0.4 is 5.32 Å². The molecule has 2 unspecified atom stereocenters. The highest BCUT2D eigenvalue weighted by molar-refractivity contribution is 5.76. The Labute approximate surface area is 339 Å². The van der Waals surface area contributed by atoms with Gasteiger partial charge in [-0.25, -0.2) is 0 Å². The first-order valence-corrected chi connectivity index (χ1v) is 24.9. The van der Waals surface area contributed by atoms with Gasteiger partial charge in [0.15, 0.2) is 0 Å². The lowest BCUT2D eigenvalue weighted by molar-refractivity contribution is -0.123. The van der Waals surface area contributed by atoms with Crippen molar-refractivity contribution in [3.8, 4) is 0 Å². The van der Waals surface area contributed by atoms with Gasteiger partial charge in [0.05, 0.1) is 18.8 Å². The van der Waals surface area contributed by atoms with Crippen molar-refractivity contribution < 1.29 is 15.0 Å². The third-order valence-electron chi connectivity index (χ3n) is 11.8. The summed E-state index contributed by atoms with van der Waals surface area (Å²) in [4.78, 5) is 12.3. The zero-order valence-corrected chi connectivity index (χ0v) is 37.0. The van der Waals surface area contributed by atoms with Crippen LogP contribution in [0, 0.1) is 0 Å². The minimum Gasteiger partial charge on any atom is -0.394 e. The van der Waals surface area contributed by atoms with Crippen LogP contribution in [0.25, 0.3) is 0 Å². The Bertz CT molecular complexity index is 739. The van der Waals surface area contributed by atoms with Crippen molar-refractivity contribution in [2.45, 2.75) is 296 Å². The van der Waals surface area contributed by atoms with Crippen LogP contribution in [0.1, 0.15) is 284 Å². The molecule has 0 spiro atoms. The molecule has 2 atom stereocenters. The highest BCUT2D eigenvalue weighted by Gasteiger charge is 2.20. The van der Waals surface area contributed by atoms with Crippen molar-refractivity contribution >= 4 is 5.91 Å². The van der Waals surface area contributed by atoms with E-state index in [1.54, 1.807) is 0 Å². The molecule has 322 valence electrons. The standard InChI is InChI=1S/C50H99NO3/c1-3-5-7-9-11-13-15-16-17-18-19-20-21-22-23-24-25-26-27-28-29-30-31-32-33-34-35-36-37-39-41-43-45-49(53)48(47-52)51-50(54)46-44-42-40-38-14-12-10-8-6-4-2/h8,10,48-49,52-53H,3-7,9,11-47H2,1-2H3,(H,51,54)/b10-8-. The SMILES string of the molecule is CCC/C=C\CCCCCCCC(=O)NC(CO)C(O)CCCCCCCCCCCCCCCCCCCCCCCCCCCCCCCCCC. The monoisotopic (exact) mass is 762 g/mol. The molecule has 0 saturated heterocycles. The lowest BCUT2D eigenvalue weighted by Crippen LogP contribution is -2.45. The van der Waals surface area contributed by atoms with Crippen LogP contribution in [-0.2, 0) is 4.79 Å². The van der Waals surface area contributed by atoms with Crippen molar-refractivity contribution in [2.75, 3.05) is 6.61 Å². The number of amides is 1. The summed E-state index contributed by atoms with van der Waals surface area (Å²) in [6.07, 6.45) is 59.1. The highest BCUT2D eigenvalue weighted by Crippen LogP contribution is 2.18. The summed E-state index contributed by atoms with van der Waals surface area (Å²) in [7, 11) is 0. The molecular formula is C50H99NO3. The van der Waals surface area contributed by atoms with Gasteiger partial charge in [0, 0.05) is 6.42 Å². The fourth-order valence-electron chi connectivity index (χ4n) is 7.95. The van der Waals surface area contributed by atoms with Crippen LogP contribution in [0.3, 0.4) is 0 Å². The quantitative estimate of drug-likeness (QED) is 0.0427. The first-order chi connectivity index (χ1) is 26.7. The molecule has 54 heavy (non-hydrogen) atoms. The number of aliphatic hydroxyl groups excluding tert-OH is 2. The number of rotatable bonds is 46. The number of allylic oxidation sites excluding steroid dienone is 2. The summed E-state index contributed by atoms with van der Waals surface area (Å²) in [5, 5.41) is 23.1. The van der Waals surface area contributed by atoms with Gasteiger partial charge in [-0.05, 0) is 32.1 Å². The molecule has 0 heterocycles. The average Bonchev–Trinajstić information content (AvgIpc) is 3.18. The van der Waals surface area contributed by atoms with Gasteiger partial charge in [0.1, 0.15) is 0 Å². The minimum atomic E-state index is -0.659. The van der Waals surface area contributed by atoms with Crippen molar-refractivity contribution in [1.29, 1.82) is 0 Å². The summed E-state index contributed by atoms with van der Waals surface area (Å²) >= 11 is 0. The van der Waals surface area contributed by atoms with Gasteiger partial charge in [0.2, 0.25) is 5.91 Å². The molecule has 0 aliphatic carbocycles. The maximum Gasteiger partial charge on any atom is 0.220 e. The first-order valence-electron chi connectivity index (χ1n) is 24.9. The van der Waals surface area contributed by atoms with E-state index < -0.39 is 12.1 Å². The predicted molar refractivity (Wildman–Crippen MR) is 239 cm³/mol. The van der Waals surface area contributed by atoms with Gasteiger partial charge in [-0.2, -0.15) is 0 Å². The Balaban J connectivity index is 3.35. The number of unbranched alkanes of at least 4 members (excludes halogenated alkanes) is 37. The highest BCUT2D eigenvalue weighted by atomic mass is 16.3. The molecule has 0 aliphatic heterocycles. The van der Waals surface area contributed by atoms with Crippen LogP contribution in [0.2, 0.25) is 0 Å². The van der Waals surface area contributed by atoms with Crippen LogP contribution in [-0.4, -0.2) is 34.9 Å². The molecule has 0 saturated carbocycles. The Hall–Kier alpha value is -0.870. The van der Waals surface area contributed by atoms with Crippen LogP contribution in [0.4, 0.5) is 0 Å². The Morgan fingerprint density at radius 2 is 0.741 bits per heavy atom. The second-order valence-electron chi connectivity index (χ2n) is 17.2. The largest absolute Gasteiger partial charge is 0.394 e. The fourth-order valence-corrected chi connectivity index (χ4v) is 7.95. The zero-order valence-electron chi connectivity index (χ0n) is 37.0. The van der Waals surface area contributed by atoms with E-state index in [0.29, 0.717) is 12.8 Å². The molecule has 0 radical (unpaired) electrons. The third kappa shape index (κ3) is 42.3. The van der Waals surface area contributed by atoms with Crippen molar-refractivity contribution in [3.05, 3.63) is 12.2 Å². The van der Waals surface area contributed by atoms with Crippen LogP contribution in [0.15, 0.2) is 12.2 Å². The molecule has 0 aromatic heterocycles. The van der Waals surface area contributed by atoms with Gasteiger partial charge >= 0.3 is 0 Å². The van der Waals surface area contributed by atoms with Crippen LogP contribution >= 0.6 is 0 Å². The topological polar surface area (TPSA) is 69.6 Å². The van der Waals surface area contributed by atoms with E-state index in [9.17, 15) is 15.0 Å². The number of hydrogen-bond donors (Lipinski definition) is 3. The van der Waals surface area contributed by atoms with E-state index in [1.165, 1.54) is 225 Å². The first kappa shape index (κ1) is 53.1. The van der Waals surface area contributed by atoms with E-state index in [4.69, 9.17) is 0 Å². The van der Waals surface area contributed by atoms with Gasteiger partial charge in [0.25, 0.3) is 0 Å². The summed E-state index contributed by atoms with van der Waals surface area (Å²) in [5.74, 6) is -0.0401. The summed E-state index contributed by atoms with van der Waals surface area (Å²) in [6, 6.07) is -0.536. The molecule has 0 aromatic rings. The molecule has 0 rings (SSSR count). The fraction of sp³-hybridized carbons (Fsp3) is 0.940. The maximum absolute atomic E-state index is 12.3. The number of hydrogen-bond acceptors (Lipinski definition) is 3. The Morgan fingerprint density at radius 3 is 1.09 bits per heavy atom. The molecule has 3 N–H and O–H groups in total. The second-order valence-corrected chi connectivity index (χ2v) is 17.2. The number of carbonyl (C=O) groups excluding carboxylic acids is 1. The second kappa shape index (κ2) is 46.5. The van der Waals surface area contributed by atoms with E-state index in [-0.39, 0.29) is 12.5 Å². The molecule has 0 fully saturated rings. The number of aliphatic hydroxyl groups is 2. The lowest BCUT2D eigenvalue weighted by Gasteiger charge is -2.22. The lowest BCUT2D eigenvalue weighted by atomic mass is 10.0. The zero-order chi connectivity index (χ0) is 39.3. The summed E-state index contributed by atoms with van der Waals surface area (Å²) in [6.45, 7) is 4.31. The van der Waals surface area contributed by atoms with Crippen molar-refractivity contribution in [2.24, 2.45) is 0 Å². The smallest absolute Gasteiger partial charge is 0.220 e.